The molecular weight excluding hydrogens is 246 g/mol. The lowest BCUT2D eigenvalue weighted by molar-refractivity contribution is 0.371. The molecule has 82 valence electrons. The number of aromatic nitrogens is 1. The van der Waals surface area contributed by atoms with Crippen LogP contribution in [0.5, 0.6) is 5.75 Å². The van der Waals surface area contributed by atoms with Crippen LogP contribution in [0.4, 0.5) is 0 Å². The molecule has 1 aromatic carbocycles. The van der Waals surface area contributed by atoms with Crippen molar-refractivity contribution >= 4 is 32.6 Å². The molecule has 2 aromatic rings. The fourth-order valence-corrected chi connectivity index (χ4v) is 2.61. The zero-order chi connectivity index (χ0) is 11.5. The molecule has 0 saturated carbocycles. The van der Waals surface area contributed by atoms with Gasteiger partial charge in [0.05, 0.1) is 10.2 Å². The molecule has 0 aliphatic heterocycles. The number of ether oxygens (including phenoxy) is 1. The van der Waals surface area contributed by atoms with Gasteiger partial charge in [-0.15, -0.1) is 17.8 Å². The third kappa shape index (κ3) is 2.22. The van der Waals surface area contributed by atoms with Crippen molar-refractivity contribution < 1.29 is 13.5 Å². The normalized spacial score (nSPS) is 12.2. The second kappa shape index (κ2) is 4.61. The van der Waals surface area contributed by atoms with E-state index in [-0.39, 0.29) is 10.9 Å². The summed E-state index contributed by atoms with van der Waals surface area (Å²) in [5.41, 5.74) is 0.636. The minimum atomic E-state index is -2.29. The highest BCUT2D eigenvalue weighted by Crippen LogP contribution is 2.27. The summed E-state index contributed by atoms with van der Waals surface area (Å²) in [6, 6.07) is 5.13. The fraction of sp³-hybridized carbons (Fsp3) is 0.100. The van der Waals surface area contributed by atoms with Gasteiger partial charge in [-0.05, 0) is 18.2 Å². The summed E-state index contributed by atoms with van der Waals surface area (Å²) in [5, 5.41) is 0. The van der Waals surface area contributed by atoms with Crippen molar-refractivity contribution in [2.24, 2.45) is 0 Å². The molecule has 0 amide bonds. The van der Waals surface area contributed by atoms with Crippen molar-refractivity contribution in [1.29, 1.82) is 0 Å². The Hall–Kier alpha value is -1.42. The maximum absolute atomic E-state index is 10.7. The molecule has 1 heterocycles. The first-order valence-corrected chi connectivity index (χ1v) is 6.16. The fourth-order valence-electron chi connectivity index (χ4n) is 1.17. The molecule has 0 radical (unpaired) electrons. The summed E-state index contributed by atoms with van der Waals surface area (Å²) in [7, 11) is 0. The molecule has 16 heavy (non-hydrogen) atoms. The van der Waals surface area contributed by atoms with Gasteiger partial charge in [0.25, 0.3) is 0 Å². The van der Waals surface area contributed by atoms with Gasteiger partial charge in [0, 0.05) is 11.1 Å². The van der Waals surface area contributed by atoms with Crippen LogP contribution >= 0.6 is 11.3 Å². The van der Waals surface area contributed by atoms with Gasteiger partial charge >= 0.3 is 0 Å². The molecule has 2 rings (SSSR count). The van der Waals surface area contributed by atoms with Gasteiger partial charge in [-0.2, -0.15) is 0 Å². The van der Waals surface area contributed by atoms with E-state index < -0.39 is 11.1 Å². The topological polar surface area (TPSA) is 62.2 Å². The molecule has 0 aliphatic carbocycles. The van der Waals surface area contributed by atoms with Gasteiger partial charge < -0.3 is 9.29 Å². The Morgan fingerprint density at radius 3 is 3.12 bits per heavy atom. The summed E-state index contributed by atoms with van der Waals surface area (Å²) in [6.07, 6.45) is 5.07. The molecular formula is C10H6NO3S2-. The number of benzene rings is 1. The first kappa shape index (κ1) is 11.1. The van der Waals surface area contributed by atoms with Crippen LogP contribution in [0.3, 0.4) is 0 Å². The van der Waals surface area contributed by atoms with E-state index >= 15 is 0 Å². The monoisotopic (exact) mass is 252 g/mol. The summed E-state index contributed by atoms with van der Waals surface area (Å²) >= 11 is -1.19. The highest BCUT2D eigenvalue weighted by molar-refractivity contribution is 7.81. The van der Waals surface area contributed by atoms with E-state index in [0.29, 0.717) is 11.3 Å². The zero-order valence-electron chi connectivity index (χ0n) is 8.00. The van der Waals surface area contributed by atoms with Crippen LogP contribution in [-0.4, -0.2) is 20.4 Å². The predicted octanol–water partition coefficient (Wildman–Crippen LogP) is 1.55. The van der Waals surface area contributed by atoms with Crippen molar-refractivity contribution in [3.63, 3.8) is 0 Å². The number of fused-ring (bicyclic) bond motifs is 1. The Labute approximate surface area is 98.6 Å². The number of rotatable bonds is 3. The minimum absolute atomic E-state index is 0.0732. The lowest BCUT2D eigenvalue weighted by Crippen LogP contribution is -1.92. The summed E-state index contributed by atoms with van der Waals surface area (Å²) in [6.45, 7) is 0.185. The highest BCUT2D eigenvalue weighted by Gasteiger charge is 2.05. The largest absolute Gasteiger partial charge is 0.767 e. The second-order valence-corrected chi connectivity index (χ2v) is 4.98. The van der Waals surface area contributed by atoms with Gasteiger partial charge in [-0.1, -0.05) is 5.92 Å². The summed E-state index contributed by atoms with van der Waals surface area (Å²) in [4.78, 5) is 3.94. The average Bonchev–Trinajstić information content (AvgIpc) is 2.69. The quantitative estimate of drug-likeness (QED) is 0.614. The highest BCUT2D eigenvalue weighted by atomic mass is 32.2. The third-order valence-corrected chi connectivity index (χ3v) is 3.65. The van der Waals surface area contributed by atoms with Gasteiger partial charge in [-0.3, -0.25) is 4.21 Å². The summed E-state index contributed by atoms with van der Waals surface area (Å²) in [5.74, 6) is 2.96. The Morgan fingerprint density at radius 1 is 1.62 bits per heavy atom. The first-order chi connectivity index (χ1) is 7.70. The van der Waals surface area contributed by atoms with Crippen molar-refractivity contribution in [2.45, 2.75) is 4.34 Å². The Morgan fingerprint density at radius 2 is 2.44 bits per heavy atom. The van der Waals surface area contributed by atoms with Crippen LogP contribution in [0, 0.1) is 12.3 Å². The molecule has 0 fully saturated rings. The van der Waals surface area contributed by atoms with Crippen molar-refractivity contribution in [2.75, 3.05) is 6.61 Å². The van der Waals surface area contributed by atoms with Crippen LogP contribution in [0.1, 0.15) is 0 Å². The molecule has 0 saturated heterocycles. The Balaban J connectivity index is 2.38. The number of nitrogens with zero attached hydrogens (tertiary/aromatic N) is 1. The van der Waals surface area contributed by atoms with E-state index in [2.05, 4.69) is 10.9 Å². The molecule has 1 unspecified atom stereocenters. The molecule has 4 nitrogen and oxygen atoms in total. The van der Waals surface area contributed by atoms with E-state index in [1.54, 1.807) is 18.2 Å². The first-order valence-electron chi connectivity index (χ1n) is 4.27. The van der Waals surface area contributed by atoms with Gasteiger partial charge in [0.2, 0.25) is 0 Å². The number of terminal acetylenes is 1. The van der Waals surface area contributed by atoms with Crippen molar-refractivity contribution in [3.8, 4) is 18.1 Å². The molecule has 0 aliphatic rings. The Kier molecular flexibility index (Phi) is 3.19. The number of thiazole rings is 1. The lowest BCUT2D eigenvalue weighted by atomic mass is 10.3. The van der Waals surface area contributed by atoms with E-state index in [1.165, 1.54) is 0 Å². The molecule has 0 N–H and O–H groups in total. The van der Waals surface area contributed by atoms with Crippen LogP contribution < -0.4 is 4.74 Å². The number of hydrogen-bond donors (Lipinski definition) is 0. The SMILES string of the molecule is C#CCOc1ccc2nc(S(=O)[O-])sc2c1. The molecule has 1 atom stereocenters. The molecule has 1 aromatic heterocycles. The number of hydrogen-bond acceptors (Lipinski definition) is 5. The van der Waals surface area contributed by atoms with Crippen LogP contribution in [0.25, 0.3) is 10.2 Å². The second-order valence-electron chi connectivity index (χ2n) is 2.84. The van der Waals surface area contributed by atoms with Crippen molar-refractivity contribution in [3.05, 3.63) is 18.2 Å². The van der Waals surface area contributed by atoms with Gasteiger partial charge in [-0.25, -0.2) is 4.98 Å². The van der Waals surface area contributed by atoms with Crippen LogP contribution in [-0.2, 0) is 11.1 Å². The standard InChI is InChI=1S/C10H7NO3S2/c1-2-5-14-7-3-4-8-9(6-7)15-10(11-8)16(12)13/h1,3-4,6H,5H2,(H,12,13)/p-1. The van der Waals surface area contributed by atoms with Crippen LogP contribution in [0.2, 0.25) is 0 Å². The van der Waals surface area contributed by atoms with Gasteiger partial charge in [0.1, 0.15) is 12.4 Å². The van der Waals surface area contributed by atoms with Crippen molar-refractivity contribution in [1.82, 2.24) is 4.98 Å². The maximum Gasteiger partial charge on any atom is 0.168 e. The third-order valence-electron chi connectivity index (χ3n) is 1.81. The Bertz CT molecular complexity index is 585. The van der Waals surface area contributed by atoms with Gasteiger partial charge in [0.15, 0.2) is 4.34 Å². The van der Waals surface area contributed by atoms with E-state index in [1.807, 2.05) is 0 Å². The van der Waals surface area contributed by atoms with Crippen LogP contribution in [0.15, 0.2) is 22.5 Å². The van der Waals surface area contributed by atoms with E-state index in [0.717, 1.165) is 16.0 Å². The smallest absolute Gasteiger partial charge is 0.168 e. The maximum atomic E-state index is 10.7. The predicted molar refractivity (Wildman–Crippen MR) is 61.1 cm³/mol. The zero-order valence-corrected chi connectivity index (χ0v) is 9.64. The molecule has 0 spiro atoms. The molecule has 0 bridgehead atoms. The van der Waals surface area contributed by atoms with E-state index in [9.17, 15) is 8.76 Å². The minimum Gasteiger partial charge on any atom is -0.767 e. The summed E-state index contributed by atoms with van der Waals surface area (Å²) < 4.78 is 27.5. The van der Waals surface area contributed by atoms with E-state index in [4.69, 9.17) is 11.2 Å². The molecule has 6 heteroatoms. The average molecular weight is 252 g/mol. The lowest BCUT2D eigenvalue weighted by Gasteiger charge is -2.00.